The molecule has 110 valence electrons. The third-order valence-corrected chi connectivity index (χ3v) is 3.06. The second-order valence-corrected chi connectivity index (χ2v) is 6.68. The van der Waals surface area contributed by atoms with Gasteiger partial charge >= 0.3 is 6.09 Å². The van der Waals surface area contributed by atoms with Crippen molar-refractivity contribution in [3.63, 3.8) is 0 Å². The standard InChI is InChI=1S/C14H25NO4/c1-10(6-14(2,3)4)5-11(17)7-15-8-12(9-16)19-13(15)18/h10,12,16H,5-9H2,1-4H3. The first-order chi connectivity index (χ1) is 8.71. The Kier molecular flexibility index (Phi) is 5.35. The van der Waals surface area contributed by atoms with Crippen LogP contribution in [0.5, 0.6) is 0 Å². The van der Waals surface area contributed by atoms with Gasteiger partial charge in [-0.05, 0) is 17.8 Å². The van der Waals surface area contributed by atoms with E-state index in [0.29, 0.717) is 18.9 Å². The van der Waals surface area contributed by atoms with Gasteiger partial charge in [0.1, 0.15) is 6.10 Å². The van der Waals surface area contributed by atoms with E-state index >= 15 is 0 Å². The van der Waals surface area contributed by atoms with Gasteiger partial charge in [0.05, 0.1) is 19.7 Å². The molecule has 2 atom stereocenters. The summed E-state index contributed by atoms with van der Waals surface area (Å²) in [6.45, 7) is 8.70. The van der Waals surface area contributed by atoms with Gasteiger partial charge in [-0.25, -0.2) is 4.79 Å². The van der Waals surface area contributed by atoms with E-state index < -0.39 is 12.2 Å². The fraction of sp³-hybridized carbons (Fsp3) is 0.857. The number of hydrogen-bond donors (Lipinski definition) is 1. The van der Waals surface area contributed by atoms with Gasteiger partial charge in [0.15, 0.2) is 5.78 Å². The average Bonchev–Trinajstić information content (AvgIpc) is 2.56. The molecule has 0 saturated carbocycles. The molecule has 0 radical (unpaired) electrons. The largest absolute Gasteiger partial charge is 0.442 e. The maximum Gasteiger partial charge on any atom is 0.410 e. The summed E-state index contributed by atoms with van der Waals surface area (Å²) >= 11 is 0. The second-order valence-electron chi connectivity index (χ2n) is 6.68. The summed E-state index contributed by atoms with van der Waals surface area (Å²) in [5.74, 6) is 0.354. The number of rotatable bonds is 6. The smallest absolute Gasteiger partial charge is 0.410 e. The molecule has 1 aliphatic heterocycles. The molecule has 1 amide bonds. The topological polar surface area (TPSA) is 66.8 Å². The Labute approximate surface area is 114 Å². The zero-order chi connectivity index (χ0) is 14.6. The fourth-order valence-corrected chi connectivity index (χ4v) is 2.58. The predicted octanol–water partition coefficient (Wildman–Crippen LogP) is 1.83. The van der Waals surface area contributed by atoms with Gasteiger partial charge in [0, 0.05) is 6.42 Å². The molecule has 0 aromatic carbocycles. The molecule has 1 saturated heterocycles. The van der Waals surface area contributed by atoms with Crippen molar-refractivity contribution in [3.8, 4) is 0 Å². The Balaban J connectivity index is 2.37. The third-order valence-electron chi connectivity index (χ3n) is 3.06. The van der Waals surface area contributed by atoms with Gasteiger partial charge in [-0.1, -0.05) is 27.7 Å². The van der Waals surface area contributed by atoms with Crippen LogP contribution in [0.3, 0.4) is 0 Å². The monoisotopic (exact) mass is 271 g/mol. The molecule has 5 heteroatoms. The molecule has 0 aromatic heterocycles. The Morgan fingerprint density at radius 2 is 2.16 bits per heavy atom. The van der Waals surface area contributed by atoms with E-state index in [4.69, 9.17) is 9.84 Å². The number of hydrogen-bond acceptors (Lipinski definition) is 4. The number of ketones is 1. The molecule has 0 spiro atoms. The highest BCUT2D eigenvalue weighted by molar-refractivity contribution is 5.84. The van der Waals surface area contributed by atoms with E-state index in [-0.39, 0.29) is 24.3 Å². The minimum absolute atomic E-state index is 0.0484. The molecule has 1 aliphatic rings. The van der Waals surface area contributed by atoms with Crippen LogP contribution in [0.1, 0.15) is 40.5 Å². The molecular formula is C14H25NO4. The lowest BCUT2D eigenvalue weighted by molar-refractivity contribution is -0.120. The van der Waals surface area contributed by atoms with Crippen molar-refractivity contribution in [3.05, 3.63) is 0 Å². The first-order valence-electron chi connectivity index (χ1n) is 6.79. The first-order valence-corrected chi connectivity index (χ1v) is 6.79. The molecule has 1 rings (SSSR count). The van der Waals surface area contributed by atoms with Crippen LogP contribution in [0.15, 0.2) is 0 Å². The number of carbonyl (C=O) groups is 2. The van der Waals surface area contributed by atoms with Crippen LogP contribution < -0.4 is 0 Å². The van der Waals surface area contributed by atoms with Crippen LogP contribution in [0, 0.1) is 11.3 Å². The zero-order valence-electron chi connectivity index (χ0n) is 12.3. The van der Waals surface area contributed by atoms with Crippen molar-refractivity contribution in [1.29, 1.82) is 0 Å². The minimum Gasteiger partial charge on any atom is -0.442 e. The molecule has 0 aromatic rings. The Hall–Kier alpha value is -1.10. The molecule has 1 heterocycles. The normalized spacial score (nSPS) is 21.4. The first kappa shape index (κ1) is 16.0. The summed E-state index contributed by atoms with van der Waals surface area (Å²) in [5.41, 5.74) is 0.203. The Bertz CT molecular complexity index is 335. The van der Waals surface area contributed by atoms with Gasteiger partial charge < -0.3 is 9.84 Å². The van der Waals surface area contributed by atoms with Crippen LogP contribution >= 0.6 is 0 Å². The van der Waals surface area contributed by atoms with Crippen LogP contribution in [0.25, 0.3) is 0 Å². The fourth-order valence-electron chi connectivity index (χ4n) is 2.58. The maximum atomic E-state index is 11.9. The van der Waals surface area contributed by atoms with Crippen LogP contribution in [0.4, 0.5) is 4.79 Å². The molecule has 1 N–H and O–H groups in total. The predicted molar refractivity (Wildman–Crippen MR) is 71.8 cm³/mol. The van der Waals surface area contributed by atoms with E-state index in [1.165, 1.54) is 4.90 Å². The number of cyclic esters (lactones) is 1. The van der Waals surface area contributed by atoms with Gasteiger partial charge in [-0.3, -0.25) is 9.69 Å². The highest BCUT2D eigenvalue weighted by atomic mass is 16.6. The van der Waals surface area contributed by atoms with Crippen molar-refractivity contribution in [1.82, 2.24) is 4.90 Å². The number of carbonyl (C=O) groups excluding carboxylic acids is 2. The number of aliphatic hydroxyl groups is 1. The zero-order valence-corrected chi connectivity index (χ0v) is 12.3. The Morgan fingerprint density at radius 1 is 1.53 bits per heavy atom. The van der Waals surface area contributed by atoms with Crippen molar-refractivity contribution >= 4 is 11.9 Å². The van der Waals surface area contributed by atoms with E-state index in [2.05, 4.69) is 27.7 Å². The molecule has 19 heavy (non-hydrogen) atoms. The Morgan fingerprint density at radius 3 is 2.63 bits per heavy atom. The highest BCUT2D eigenvalue weighted by Crippen LogP contribution is 2.26. The number of Topliss-reactive ketones (excluding diaryl/α,β-unsaturated/α-hetero) is 1. The minimum atomic E-state index is -0.504. The number of ether oxygens (including phenoxy) is 1. The summed E-state index contributed by atoms with van der Waals surface area (Å²) in [4.78, 5) is 24.7. The summed E-state index contributed by atoms with van der Waals surface area (Å²) < 4.78 is 4.89. The van der Waals surface area contributed by atoms with Crippen molar-refractivity contribution in [2.45, 2.75) is 46.6 Å². The summed E-state index contributed by atoms with van der Waals surface area (Å²) in [6, 6.07) is 0. The second kappa shape index (κ2) is 6.37. The number of aliphatic hydroxyl groups excluding tert-OH is 1. The van der Waals surface area contributed by atoms with E-state index in [1.807, 2.05) is 0 Å². The molecule has 0 aliphatic carbocycles. The van der Waals surface area contributed by atoms with Crippen molar-refractivity contribution in [2.75, 3.05) is 19.7 Å². The molecular weight excluding hydrogens is 246 g/mol. The van der Waals surface area contributed by atoms with Crippen LogP contribution in [0.2, 0.25) is 0 Å². The van der Waals surface area contributed by atoms with E-state index in [1.54, 1.807) is 0 Å². The van der Waals surface area contributed by atoms with Crippen molar-refractivity contribution in [2.24, 2.45) is 11.3 Å². The van der Waals surface area contributed by atoms with E-state index in [9.17, 15) is 9.59 Å². The van der Waals surface area contributed by atoms with Gasteiger partial charge in [0.25, 0.3) is 0 Å². The molecule has 2 unspecified atom stereocenters. The average molecular weight is 271 g/mol. The van der Waals surface area contributed by atoms with Gasteiger partial charge in [0.2, 0.25) is 0 Å². The van der Waals surface area contributed by atoms with Crippen LogP contribution in [-0.4, -0.2) is 47.7 Å². The highest BCUT2D eigenvalue weighted by Gasteiger charge is 2.32. The van der Waals surface area contributed by atoms with E-state index in [0.717, 1.165) is 6.42 Å². The van der Waals surface area contributed by atoms with Gasteiger partial charge in [-0.2, -0.15) is 0 Å². The summed E-state index contributed by atoms with van der Waals surface area (Å²) in [7, 11) is 0. The SMILES string of the molecule is CC(CC(=O)CN1CC(CO)OC1=O)CC(C)(C)C. The lowest BCUT2D eigenvalue weighted by Crippen LogP contribution is -2.32. The maximum absolute atomic E-state index is 11.9. The van der Waals surface area contributed by atoms with Gasteiger partial charge in [-0.15, -0.1) is 0 Å². The molecule has 5 nitrogen and oxygen atoms in total. The number of nitrogens with zero attached hydrogens (tertiary/aromatic N) is 1. The molecule has 0 bridgehead atoms. The summed E-state index contributed by atoms with van der Waals surface area (Å²) in [5, 5.41) is 8.92. The lowest BCUT2D eigenvalue weighted by Gasteiger charge is -2.23. The quantitative estimate of drug-likeness (QED) is 0.800. The lowest BCUT2D eigenvalue weighted by atomic mass is 9.83. The van der Waals surface area contributed by atoms with Crippen molar-refractivity contribution < 1.29 is 19.4 Å². The third kappa shape index (κ3) is 5.59. The number of amides is 1. The summed E-state index contributed by atoms with van der Waals surface area (Å²) in [6.07, 6.45) is 0.455. The van der Waals surface area contributed by atoms with Crippen LogP contribution in [-0.2, 0) is 9.53 Å². The molecule has 1 fully saturated rings.